The molecule has 0 aromatic heterocycles. The van der Waals surface area contributed by atoms with Crippen LogP contribution in [0, 0.1) is 0 Å². The van der Waals surface area contributed by atoms with Gasteiger partial charge < -0.3 is 47.8 Å². The zero-order chi connectivity index (χ0) is 27.3. The van der Waals surface area contributed by atoms with E-state index in [9.17, 15) is 38.7 Å². The average Bonchev–Trinajstić information content (AvgIpc) is 2.74. The maximum absolute atomic E-state index is 12.8. The maximum atomic E-state index is 12.8. The third kappa shape index (κ3) is 12.9. The fourth-order valence-electron chi connectivity index (χ4n) is 2.70. The van der Waals surface area contributed by atoms with Crippen LogP contribution in [-0.2, 0) is 33.6 Å². The lowest BCUT2D eigenvalue weighted by Crippen LogP contribution is -2.58. The van der Waals surface area contributed by atoms with Gasteiger partial charge in [0.1, 0.15) is 12.1 Å². The SMILES string of the molecule is CC(O)C(NC(=O)C(CCC(=O)O)NC(=O)C(CCC(N)=O)NC(=O)C(N)CCC(=O)O)C(=O)O. The first kappa shape index (κ1) is 31.2. The van der Waals surface area contributed by atoms with Crippen molar-refractivity contribution in [2.75, 3.05) is 0 Å². The first-order valence-corrected chi connectivity index (χ1v) is 10.4. The van der Waals surface area contributed by atoms with Crippen molar-refractivity contribution in [1.82, 2.24) is 16.0 Å². The summed E-state index contributed by atoms with van der Waals surface area (Å²) in [6.07, 6.45) is -4.02. The normalized spacial score (nSPS) is 14.9. The van der Waals surface area contributed by atoms with E-state index >= 15 is 0 Å². The van der Waals surface area contributed by atoms with Crippen LogP contribution in [0.15, 0.2) is 0 Å². The number of nitrogens with two attached hydrogens (primary N) is 2. The second-order valence-corrected chi connectivity index (χ2v) is 7.66. The molecule has 0 radical (unpaired) electrons. The predicted molar refractivity (Wildman–Crippen MR) is 115 cm³/mol. The van der Waals surface area contributed by atoms with Crippen molar-refractivity contribution in [2.45, 2.75) is 75.7 Å². The summed E-state index contributed by atoms with van der Waals surface area (Å²) >= 11 is 0. The zero-order valence-electron chi connectivity index (χ0n) is 18.9. The molecule has 0 heterocycles. The summed E-state index contributed by atoms with van der Waals surface area (Å²) < 4.78 is 0. The molecule has 5 atom stereocenters. The van der Waals surface area contributed by atoms with E-state index in [0.29, 0.717) is 0 Å². The molecule has 35 heavy (non-hydrogen) atoms. The summed E-state index contributed by atoms with van der Waals surface area (Å²) in [5, 5.41) is 42.7. The Morgan fingerprint density at radius 3 is 1.57 bits per heavy atom. The number of hydrogen-bond donors (Lipinski definition) is 9. The number of primary amides is 1. The van der Waals surface area contributed by atoms with Gasteiger partial charge in [-0.15, -0.1) is 0 Å². The summed E-state index contributed by atoms with van der Waals surface area (Å²) in [7, 11) is 0. The molecule has 16 heteroatoms. The van der Waals surface area contributed by atoms with E-state index in [4.69, 9.17) is 26.8 Å². The fraction of sp³-hybridized carbons (Fsp3) is 0.632. The van der Waals surface area contributed by atoms with E-state index in [-0.39, 0.29) is 19.3 Å². The molecule has 198 valence electrons. The number of carbonyl (C=O) groups is 7. The minimum absolute atomic E-state index is 0.259. The van der Waals surface area contributed by atoms with E-state index in [1.807, 2.05) is 5.32 Å². The lowest BCUT2D eigenvalue weighted by atomic mass is 10.1. The number of hydrogen-bond acceptors (Lipinski definition) is 9. The van der Waals surface area contributed by atoms with Crippen LogP contribution in [0.2, 0.25) is 0 Å². The molecular formula is C19H31N5O11. The van der Waals surface area contributed by atoms with Gasteiger partial charge in [0.25, 0.3) is 0 Å². The standard InChI is InChI=1S/C19H31N5O11/c1-8(25)15(19(34)35)24-18(33)11(4-7-14(29)30)23-17(32)10(3-5-12(21)26)22-16(31)9(20)2-6-13(27)28/h8-11,15,25H,2-7,20H2,1H3,(H2,21,26)(H,22,31)(H,23,32)(H,24,33)(H,27,28)(H,29,30)(H,34,35). The van der Waals surface area contributed by atoms with Crippen LogP contribution in [0.25, 0.3) is 0 Å². The quantitative estimate of drug-likeness (QED) is 0.0920. The smallest absolute Gasteiger partial charge is 0.328 e. The highest BCUT2D eigenvalue weighted by Gasteiger charge is 2.32. The fourth-order valence-corrected chi connectivity index (χ4v) is 2.70. The third-order valence-corrected chi connectivity index (χ3v) is 4.64. The molecule has 16 nitrogen and oxygen atoms in total. The monoisotopic (exact) mass is 505 g/mol. The van der Waals surface area contributed by atoms with E-state index in [1.165, 1.54) is 0 Å². The minimum Gasteiger partial charge on any atom is -0.481 e. The maximum Gasteiger partial charge on any atom is 0.328 e. The summed E-state index contributed by atoms with van der Waals surface area (Å²) in [6.45, 7) is 1.09. The van der Waals surface area contributed by atoms with Crippen LogP contribution in [0.3, 0.4) is 0 Å². The number of carbonyl (C=O) groups excluding carboxylic acids is 4. The topological polar surface area (TPSA) is 289 Å². The van der Waals surface area contributed by atoms with Gasteiger partial charge >= 0.3 is 17.9 Å². The molecule has 0 saturated heterocycles. The molecule has 0 aliphatic heterocycles. The lowest BCUT2D eigenvalue weighted by molar-refractivity contribution is -0.145. The second-order valence-electron chi connectivity index (χ2n) is 7.66. The van der Waals surface area contributed by atoms with Gasteiger partial charge in [0.05, 0.1) is 12.1 Å². The Hall–Kier alpha value is -3.79. The number of rotatable bonds is 17. The molecule has 4 amide bonds. The Balaban J connectivity index is 5.61. The molecule has 11 N–H and O–H groups in total. The van der Waals surface area contributed by atoms with Crippen molar-refractivity contribution in [1.29, 1.82) is 0 Å². The number of carboxylic acids is 3. The number of aliphatic hydroxyl groups is 1. The Kier molecular flexibility index (Phi) is 13.5. The van der Waals surface area contributed by atoms with Gasteiger partial charge in [-0.25, -0.2) is 4.79 Å². The van der Waals surface area contributed by atoms with Gasteiger partial charge in [0.15, 0.2) is 6.04 Å². The van der Waals surface area contributed by atoms with Crippen LogP contribution in [0.4, 0.5) is 0 Å². The highest BCUT2D eigenvalue weighted by Crippen LogP contribution is 2.05. The molecule has 0 aromatic rings. The molecule has 0 saturated carbocycles. The van der Waals surface area contributed by atoms with E-state index in [2.05, 4.69) is 10.6 Å². The Morgan fingerprint density at radius 2 is 1.14 bits per heavy atom. The Morgan fingerprint density at radius 1 is 0.714 bits per heavy atom. The van der Waals surface area contributed by atoms with Crippen molar-refractivity contribution in [3.05, 3.63) is 0 Å². The Labute approximate surface area is 199 Å². The van der Waals surface area contributed by atoms with Crippen LogP contribution in [0.5, 0.6) is 0 Å². The summed E-state index contributed by atoms with van der Waals surface area (Å²) in [6, 6.07) is -6.14. The van der Waals surface area contributed by atoms with Gasteiger partial charge in [-0.1, -0.05) is 0 Å². The van der Waals surface area contributed by atoms with Gasteiger partial charge in [-0.05, 0) is 26.2 Å². The molecule has 5 unspecified atom stereocenters. The minimum atomic E-state index is -1.76. The van der Waals surface area contributed by atoms with E-state index < -0.39 is 91.1 Å². The second kappa shape index (κ2) is 15.2. The predicted octanol–water partition coefficient (Wildman–Crippen LogP) is -3.77. The number of amides is 4. The molecule has 0 aliphatic carbocycles. The van der Waals surface area contributed by atoms with Crippen LogP contribution < -0.4 is 27.4 Å². The van der Waals surface area contributed by atoms with Crippen LogP contribution in [0.1, 0.15) is 45.4 Å². The zero-order valence-corrected chi connectivity index (χ0v) is 18.9. The first-order chi connectivity index (χ1) is 16.1. The number of nitrogens with one attached hydrogen (secondary N) is 3. The number of aliphatic hydroxyl groups excluding tert-OH is 1. The van der Waals surface area contributed by atoms with Crippen LogP contribution in [-0.4, -0.2) is 92.2 Å². The number of aliphatic carboxylic acids is 3. The van der Waals surface area contributed by atoms with E-state index in [0.717, 1.165) is 6.92 Å². The van der Waals surface area contributed by atoms with Crippen molar-refractivity contribution >= 4 is 41.5 Å². The molecule has 0 bridgehead atoms. The first-order valence-electron chi connectivity index (χ1n) is 10.4. The molecule has 0 rings (SSSR count). The van der Waals surface area contributed by atoms with Gasteiger partial charge in [-0.2, -0.15) is 0 Å². The molecule has 0 aliphatic rings. The average molecular weight is 505 g/mol. The van der Waals surface area contributed by atoms with Crippen molar-refractivity contribution < 1.29 is 54.0 Å². The summed E-state index contributed by atoms with van der Waals surface area (Å²) in [5.41, 5.74) is 10.7. The molecule has 0 aromatic carbocycles. The highest BCUT2D eigenvalue weighted by molar-refractivity contribution is 5.94. The van der Waals surface area contributed by atoms with Crippen molar-refractivity contribution in [3.63, 3.8) is 0 Å². The van der Waals surface area contributed by atoms with Gasteiger partial charge in [-0.3, -0.25) is 28.8 Å². The summed E-state index contributed by atoms with van der Waals surface area (Å²) in [4.78, 5) is 81.6. The molecular weight excluding hydrogens is 474 g/mol. The lowest BCUT2D eigenvalue weighted by Gasteiger charge is -2.25. The molecule has 0 fully saturated rings. The Bertz CT molecular complexity index is 817. The highest BCUT2D eigenvalue weighted by atomic mass is 16.4. The van der Waals surface area contributed by atoms with Crippen molar-refractivity contribution in [3.8, 4) is 0 Å². The van der Waals surface area contributed by atoms with Crippen molar-refractivity contribution in [2.24, 2.45) is 11.5 Å². The largest absolute Gasteiger partial charge is 0.481 e. The van der Waals surface area contributed by atoms with Gasteiger partial charge in [0, 0.05) is 19.3 Å². The van der Waals surface area contributed by atoms with Gasteiger partial charge in [0.2, 0.25) is 23.6 Å². The third-order valence-electron chi connectivity index (χ3n) is 4.64. The summed E-state index contributed by atoms with van der Waals surface area (Å²) in [5.74, 6) is -8.04. The molecule has 0 spiro atoms. The van der Waals surface area contributed by atoms with E-state index in [1.54, 1.807) is 0 Å². The number of carboxylic acid groups (broad SMARTS) is 3. The van der Waals surface area contributed by atoms with Crippen LogP contribution >= 0.6 is 0 Å².